The molecule has 3 fully saturated rings. The molecule has 4 aliphatic rings. The summed E-state index contributed by atoms with van der Waals surface area (Å²) in [5.41, 5.74) is 1.29. The van der Waals surface area contributed by atoms with E-state index in [0.29, 0.717) is 29.8 Å². The molecule has 1 spiro atoms. The van der Waals surface area contributed by atoms with Gasteiger partial charge in [-0.05, 0) is 79.3 Å². The lowest BCUT2D eigenvalue weighted by atomic mass is 9.46. The molecule has 1 aromatic rings. The first-order valence-corrected chi connectivity index (χ1v) is 9.49. The fourth-order valence-corrected chi connectivity index (χ4v) is 7.29. The molecular formula is C21H28O3. The van der Waals surface area contributed by atoms with Gasteiger partial charge in [0.05, 0.1) is 18.5 Å². The Labute approximate surface area is 144 Å². The van der Waals surface area contributed by atoms with Gasteiger partial charge in [-0.3, -0.25) is 0 Å². The molecule has 3 saturated carbocycles. The third-order valence-electron chi connectivity index (χ3n) is 8.14. The Bertz CT molecular complexity index is 691. The van der Waals surface area contributed by atoms with Gasteiger partial charge >= 0.3 is 0 Å². The molecule has 0 aromatic carbocycles. The third kappa shape index (κ3) is 1.75. The van der Waals surface area contributed by atoms with Gasteiger partial charge in [-0.25, -0.2) is 0 Å². The Balaban J connectivity index is 1.55. The predicted octanol–water partition coefficient (Wildman–Crippen LogP) is 4.37. The Kier molecular flexibility index (Phi) is 3.02. The first kappa shape index (κ1) is 15.2. The normalized spacial score (nSPS) is 48.7. The van der Waals surface area contributed by atoms with Gasteiger partial charge < -0.3 is 14.3 Å². The van der Waals surface area contributed by atoms with Crippen molar-refractivity contribution in [1.29, 1.82) is 0 Å². The number of ether oxygens (including phenoxy) is 1. The van der Waals surface area contributed by atoms with Crippen LogP contribution in [-0.2, 0) is 4.74 Å². The number of allylic oxidation sites excluding steroid dienone is 1. The number of hydrogen-bond acceptors (Lipinski definition) is 3. The maximum atomic E-state index is 11.2. The molecule has 24 heavy (non-hydrogen) atoms. The van der Waals surface area contributed by atoms with Crippen LogP contribution in [0.2, 0.25) is 0 Å². The minimum atomic E-state index is -0.605. The summed E-state index contributed by atoms with van der Waals surface area (Å²) in [4.78, 5) is 0. The molecule has 1 N–H and O–H groups in total. The van der Waals surface area contributed by atoms with Crippen molar-refractivity contribution in [3.05, 3.63) is 29.7 Å². The number of rotatable bonds is 2. The van der Waals surface area contributed by atoms with E-state index >= 15 is 0 Å². The second-order valence-corrected chi connectivity index (χ2v) is 9.14. The molecule has 3 nitrogen and oxygen atoms in total. The summed E-state index contributed by atoms with van der Waals surface area (Å²) < 4.78 is 11.1. The zero-order chi connectivity index (χ0) is 16.6. The highest BCUT2D eigenvalue weighted by Gasteiger charge is 2.65. The molecular weight excluding hydrogens is 300 g/mol. The van der Waals surface area contributed by atoms with Crippen LogP contribution in [0.1, 0.15) is 62.7 Å². The number of furan rings is 1. The van der Waals surface area contributed by atoms with Crippen LogP contribution in [0.25, 0.3) is 6.08 Å². The fourth-order valence-electron chi connectivity index (χ4n) is 7.29. The minimum Gasteiger partial charge on any atom is -0.465 e. The maximum Gasteiger partial charge on any atom is 0.129 e. The first-order valence-electron chi connectivity index (χ1n) is 9.49. The molecule has 0 aliphatic heterocycles. The van der Waals surface area contributed by atoms with Crippen LogP contribution in [0.3, 0.4) is 0 Å². The van der Waals surface area contributed by atoms with Gasteiger partial charge in [-0.1, -0.05) is 13.0 Å². The van der Waals surface area contributed by atoms with Crippen LogP contribution < -0.4 is 0 Å². The van der Waals surface area contributed by atoms with Gasteiger partial charge in [0, 0.05) is 12.7 Å². The first-order chi connectivity index (χ1) is 11.5. The van der Waals surface area contributed by atoms with Crippen LogP contribution in [0.15, 0.2) is 22.8 Å². The smallest absolute Gasteiger partial charge is 0.129 e. The zero-order valence-electron chi connectivity index (χ0n) is 14.8. The Hall–Kier alpha value is -1.06. The summed E-state index contributed by atoms with van der Waals surface area (Å²) in [5, 5.41) is 11.2. The van der Waals surface area contributed by atoms with Gasteiger partial charge in [-0.2, -0.15) is 0 Å². The molecule has 0 unspecified atom stereocenters. The van der Waals surface area contributed by atoms with Crippen LogP contribution in [-0.4, -0.2) is 24.4 Å². The number of fused-ring (bicyclic) bond motifs is 5. The summed E-state index contributed by atoms with van der Waals surface area (Å²) in [5.74, 6) is 2.71. The second kappa shape index (κ2) is 4.76. The van der Waals surface area contributed by atoms with Crippen LogP contribution in [0.4, 0.5) is 0 Å². The summed E-state index contributed by atoms with van der Waals surface area (Å²) in [6.45, 7) is 2.96. The summed E-state index contributed by atoms with van der Waals surface area (Å²) in [6.07, 6.45) is 13.4. The average Bonchev–Trinajstić information content (AvgIpc) is 3.09. The van der Waals surface area contributed by atoms with E-state index in [1.54, 1.807) is 7.11 Å². The van der Waals surface area contributed by atoms with Crippen LogP contribution >= 0.6 is 0 Å². The van der Waals surface area contributed by atoms with Crippen molar-refractivity contribution in [3.8, 4) is 0 Å². The average molecular weight is 328 g/mol. The van der Waals surface area contributed by atoms with Gasteiger partial charge in [0.2, 0.25) is 0 Å². The quantitative estimate of drug-likeness (QED) is 0.876. The molecule has 130 valence electrons. The third-order valence-corrected chi connectivity index (χ3v) is 8.14. The molecule has 6 atom stereocenters. The Morgan fingerprint density at radius 2 is 2.21 bits per heavy atom. The van der Waals surface area contributed by atoms with E-state index in [9.17, 15) is 5.11 Å². The highest BCUT2D eigenvalue weighted by molar-refractivity contribution is 5.55. The van der Waals surface area contributed by atoms with Crippen molar-refractivity contribution in [2.24, 2.45) is 22.7 Å². The molecule has 0 saturated heterocycles. The Morgan fingerprint density at radius 3 is 3.04 bits per heavy atom. The molecule has 1 heterocycles. The summed E-state index contributed by atoms with van der Waals surface area (Å²) in [6, 6.07) is 2.18. The highest BCUT2D eigenvalue weighted by atomic mass is 16.5. The summed E-state index contributed by atoms with van der Waals surface area (Å²) in [7, 11) is 1.72. The maximum absolute atomic E-state index is 11.2. The lowest BCUT2D eigenvalue weighted by molar-refractivity contribution is -0.0633. The van der Waals surface area contributed by atoms with E-state index in [-0.39, 0.29) is 5.41 Å². The molecule has 1 aromatic heterocycles. The topological polar surface area (TPSA) is 42.6 Å². The van der Waals surface area contributed by atoms with Crippen molar-refractivity contribution in [1.82, 2.24) is 0 Å². The van der Waals surface area contributed by atoms with Gasteiger partial charge in [0.1, 0.15) is 5.76 Å². The number of methoxy groups -OCH3 is 1. The monoisotopic (exact) mass is 328 g/mol. The van der Waals surface area contributed by atoms with Crippen molar-refractivity contribution < 1.29 is 14.3 Å². The second-order valence-electron chi connectivity index (χ2n) is 9.14. The van der Waals surface area contributed by atoms with Crippen LogP contribution in [0.5, 0.6) is 0 Å². The number of aliphatic hydroxyl groups is 1. The van der Waals surface area contributed by atoms with Crippen molar-refractivity contribution >= 4 is 6.08 Å². The van der Waals surface area contributed by atoms with E-state index in [4.69, 9.17) is 9.15 Å². The lowest BCUT2D eigenvalue weighted by Crippen LogP contribution is -2.49. The highest BCUT2D eigenvalue weighted by Crippen LogP contribution is 2.71. The van der Waals surface area contributed by atoms with E-state index in [1.807, 2.05) is 6.26 Å². The van der Waals surface area contributed by atoms with Crippen molar-refractivity contribution in [2.45, 2.75) is 57.0 Å². The van der Waals surface area contributed by atoms with Gasteiger partial charge in [0.25, 0.3) is 0 Å². The number of hydrogen-bond donors (Lipinski definition) is 1. The Morgan fingerprint density at radius 1 is 1.33 bits per heavy atom. The van der Waals surface area contributed by atoms with E-state index < -0.39 is 5.60 Å². The fraction of sp³-hybridized carbons (Fsp3) is 0.714. The zero-order valence-corrected chi connectivity index (χ0v) is 14.8. The standard InChI is InChI=1S/C21H28O3/c1-19-8-6-17-15(7-10-24-17)16(19)5-9-20-11-14(3-4-18(19)20)21(22,12-20)13-23-2/h6-8,10,14,16,18,22H,3-5,9,11-13H2,1-2H3/t14-,16-,18+,19-,20+,21+/m1/s1. The van der Waals surface area contributed by atoms with Crippen LogP contribution in [0, 0.1) is 22.7 Å². The molecule has 0 amide bonds. The minimum absolute atomic E-state index is 0.193. The largest absolute Gasteiger partial charge is 0.465 e. The van der Waals surface area contributed by atoms with E-state index in [1.165, 1.54) is 31.2 Å². The van der Waals surface area contributed by atoms with Crippen molar-refractivity contribution in [2.75, 3.05) is 13.7 Å². The molecule has 2 bridgehead atoms. The molecule has 4 aliphatic carbocycles. The van der Waals surface area contributed by atoms with Gasteiger partial charge in [-0.15, -0.1) is 0 Å². The van der Waals surface area contributed by atoms with Crippen molar-refractivity contribution in [3.63, 3.8) is 0 Å². The molecule has 5 rings (SSSR count). The van der Waals surface area contributed by atoms with E-state index in [2.05, 4.69) is 25.1 Å². The molecule has 3 heteroatoms. The van der Waals surface area contributed by atoms with E-state index in [0.717, 1.165) is 18.6 Å². The van der Waals surface area contributed by atoms with Gasteiger partial charge in [0.15, 0.2) is 0 Å². The predicted molar refractivity (Wildman–Crippen MR) is 92.5 cm³/mol. The lowest BCUT2D eigenvalue weighted by Gasteiger charge is -2.58. The molecule has 0 radical (unpaired) electrons. The summed E-state index contributed by atoms with van der Waals surface area (Å²) >= 11 is 0. The SMILES string of the molecule is COC[C@@]1(O)C[C@@]23CC[C@@H]4c5ccoc5C=C[C@@]4(C)[C@@H]2CC[C@@H]1C3.